The Hall–Kier alpha value is -3.45. The number of carbonyl (C=O) groups is 1. The van der Waals surface area contributed by atoms with Crippen molar-refractivity contribution in [2.45, 2.75) is 46.1 Å². The molecule has 1 aliphatic carbocycles. The van der Waals surface area contributed by atoms with Gasteiger partial charge in [0.25, 0.3) is 5.91 Å². The van der Waals surface area contributed by atoms with Crippen molar-refractivity contribution in [3.05, 3.63) is 93.3 Å². The Bertz CT molecular complexity index is 1350. The molecule has 1 amide bonds. The van der Waals surface area contributed by atoms with Crippen molar-refractivity contribution in [2.75, 3.05) is 0 Å². The minimum Gasteiger partial charge on any atom is -0.467 e. The zero-order chi connectivity index (χ0) is 23.7. The number of nitrogens with one attached hydrogen (secondary N) is 1. The number of fused-ring (bicyclic) bond motifs is 1. The minimum absolute atomic E-state index is 0.111. The van der Waals surface area contributed by atoms with Gasteiger partial charge in [0.1, 0.15) is 16.6 Å². The largest absolute Gasteiger partial charge is 0.467 e. The van der Waals surface area contributed by atoms with Crippen LogP contribution in [0.25, 0.3) is 5.69 Å². The van der Waals surface area contributed by atoms with Crippen LogP contribution in [-0.4, -0.2) is 16.7 Å². The number of aryl methyl sites for hydroxylation is 2. The van der Waals surface area contributed by atoms with E-state index in [9.17, 15) is 9.18 Å². The molecule has 0 radical (unpaired) electrons. The summed E-state index contributed by atoms with van der Waals surface area (Å²) >= 11 is 1.62. The molecule has 3 heterocycles. The van der Waals surface area contributed by atoms with E-state index in [1.165, 1.54) is 17.0 Å². The lowest BCUT2D eigenvalue weighted by atomic mass is 9.95. The van der Waals surface area contributed by atoms with Crippen LogP contribution in [0.3, 0.4) is 0 Å². The van der Waals surface area contributed by atoms with Crippen LogP contribution in [0, 0.1) is 19.7 Å². The average molecular weight is 476 g/mol. The smallest absolute Gasteiger partial charge is 0.255 e. The van der Waals surface area contributed by atoms with E-state index in [0.29, 0.717) is 12.1 Å². The fourth-order valence-corrected chi connectivity index (χ4v) is 5.81. The summed E-state index contributed by atoms with van der Waals surface area (Å²) in [5.41, 5.74) is 5.74. The van der Waals surface area contributed by atoms with Crippen molar-refractivity contribution in [1.29, 1.82) is 0 Å². The summed E-state index contributed by atoms with van der Waals surface area (Å²) in [6.07, 6.45) is 7.57. The van der Waals surface area contributed by atoms with Crippen molar-refractivity contribution < 1.29 is 13.6 Å². The monoisotopic (exact) mass is 475 g/mol. The first-order chi connectivity index (χ1) is 16.5. The van der Waals surface area contributed by atoms with Crippen LogP contribution >= 0.6 is 11.3 Å². The Labute approximate surface area is 202 Å². The third-order valence-electron chi connectivity index (χ3n) is 6.26. The Morgan fingerprint density at radius 2 is 2.00 bits per heavy atom. The molecule has 0 atom stereocenters. The Morgan fingerprint density at radius 1 is 1.21 bits per heavy atom. The Morgan fingerprint density at radius 3 is 2.76 bits per heavy atom. The van der Waals surface area contributed by atoms with Crippen LogP contribution in [0.4, 0.5) is 9.39 Å². The lowest BCUT2D eigenvalue weighted by Gasteiger charge is -2.12. The molecule has 0 aliphatic heterocycles. The summed E-state index contributed by atoms with van der Waals surface area (Å²) in [6.45, 7) is 4.39. The summed E-state index contributed by atoms with van der Waals surface area (Å²) in [5.74, 6) is 0.350. The second-order valence-corrected chi connectivity index (χ2v) is 9.63. The average Bonchev–Trinajstić information content (AvgIpc) is 3.55. The van der Waals surface area contributed by atoms with E-state index in [-0.39, 0.29) is 11.7 Å². The van der Waals surface area contributed by atoms with Gasteiger partial charge in [0.2, 0.25) is 0 Å². The third-order valence-corrected chi connectivity index (χ3v) is 7.46. The Balaban J connectivity index is 1.46. The first-order valence-corrected chi connectivity index (χ1v) is 12.3. The molecule has 0 fully saturated rings. The first-order valence-electron chi connectivity index (χ1n) is 11.5. The number of aliphatic imine (C=N–C) groups is 1. The molecule has 5 nitrogen and oxygen atoms in total. The summed E-state index contributed by atoms with van der Waals surface area (Å²) in [7, 11) is 0. The van der Waals surface area contributed by atoms with E-state index in [0.717, 1.165) is 64.6 Å². The molecule has 4 aromatic rings. The van der Waals surface area contributed by atoms with Gasteiger partial charge in [-0.3, -0.25) is 4.79 Å². The van der Waals surface area contributed by atoms with Crippen LogP contribution in [0.1, 0.15) is 56.4 Å². The molecule has 1 aliphatic rings. The van der Waals surface area contributed by atoms with E-state index in [1.54, 1.807) is 29.7 Å². The SMILES string of the molecule is Cc1cc(/C=N/c2sc3c(c2C(=O)NCc2ccco2)CCCC3)c(C)n1-c1ccc(F)cc1. The molecule has 1 N–H and O–H groups in total. The molecule has 0 saturated heterocycles. The molecule has 34 heavy (non-hydrogen) atoms. The van der Waals surface area contributed by atoms with E-state index >= 15 is 0 Å². The number of rotatable bonds is 6. The minimum atomic E-state index is -0.257. The highest BCUT2D eigenvalue weighted by atomic mass is 32.1. The molecule has 0 unspecified atom stereocenters. The van der Waals surface area contributed by atoms with Gasteiger partial charge in [-0.1, -0.05) is 0 Å². The molecule has 3 aromatic heterocycles. The van der Waals surface area contributed by atoms with Crippen LogP contribution in [-0.2, 0) is 19.4 Å². The summed E-state index contributed by atoms with van der Waals surface area (Å²) < 4.78 is 20.8. The zero-order valence-corrected chi connectivity index (χ0v) is 20.0. The van der Waals surface area contributed by atoms with Gasteiger partial charge in [-0.15, -0.1) is 11.3 Å². The number of hydrogen-bond donors (Lipinski definition) is 1. The normalized spacial score (nSPS) is 13.4. The van der Waals surface area contributed by atoms with Gasteiger partial charge < -0.3 is 14.3 Å². The van der Waals surface area contributed by atoms with Crippen molar-refractivity contribution in [3.63, 3.8) is 0 Å². The van der Waals surface area contributed by atoms with Gasteiger partial charge in [0.15, 0.2) is 0 Å². The van der Waals surface area contributed by atoms with Gasteiger partial charge >= 0.3 is 0 Å². The number of halogens is 1. The lowest BCUT2D eigenvalue weighted by molar-refractivity contribution is 0.0948. The quantitative estimate of drug-likeness (QED) is 0.326. The van der Waals surface area contributed by atoms with E-state index in [4.69, 9.17) is 9.41 Å². The number of thiophene rings is 1. The molecular formula is C27H26FN3O2S. The number of amides is 1. The maximum atomic E-state index is 13.4. The molecule has 1 aromatic carbocycles. The van der Waals surface area contributed by atoms with Crippen LogP contribution in [0.15, 0.2) is 58.1 Å². The molecule has 0 bridgehead atoms. The number of aromatic nitrogens is 1. The van der Waals surface area contributed by atoms with E-state index in [1.807, 2.05) is 32.2 Å². The standard InChI is InChI=1S/C27H26FN3O2S/c1-17-14-19(18(2)31(17)21-11-9-20(28)10-12-21)15-30-27-25(23-7-3-4-8-24(23)34-27)26(32)29-16-22-6-5-13-33-22/h5-6,9-15H,3-4,7-8,16H2,1-2H3,(H,29,32)/b30-15+. The van der Waals surface area contributed by atoms with Crippen molar-refractivity contribution >= 4 is 28.5 Å². The lowest BCUT2D eigenvalue weighted by Crippen LogP contribution is -2.23. The van der Waals surface area contributed by atoms with Crippen LogP contribution in [0.5, 0.6) is 0 Å². The highest BCUT2D eigenvalue weighted by molar-refractivity contribution is 7.16. The predicted octanol–water partition coefficient (Wildman–Crippen LogP) is 6.45. The highest BCUT2D eigenvalue weighted by Gasteiger charge is 2.25. The number of nitrogens with zero attached hydrogens (tertiary/aromatic N) is 2. The van der Waals surface area contributed by atoms with Crippen LogP contribution < -0.4 is 5.32 Å². The molecular weight excluding hydrogens is 449 g/mol. The molecule has 7 heteroatoms. The molecule has 174 valence electrons. The fourth-order valence-electron chi connectivity index (χ4n) is 4.58. The maximum absolute atomic E-state index is 13.4. The molecule has 0 saturated carbocycles. The second kappa shape index (κ2) is 9.43. The van der Waals surface area contributed by atoms with Gasteiger partial charge in [-0.25, -0.2) is 9.38 Å². The van der Waals surface area contributed by atoms with Crippen LogP contribution in [0.2, 0.25) is 0 Å². The summed E-state index contributed by atoms with van der Waals surface area (Å²) in [6, 6.07) is 12.2. The van der Waals surface area contributed by atoms with Crippen molar-refractivity contribution in [3.8, 4) is 5.69 Å². The number of furan rings is 1. The number of carbonyl (C=O) groups excluding carboxylic acids is 1. The van der Waals surface area contributed by atoms with E-state index < -0.39 is 0 Å². The summed E-state index contributed by atoms with van der Waals surface area (Å²) in [5, 5.41) is 3.74. The molecule has 0 spiro atoms. The first kappa shape index (κ1) is 22.3. The van der Waals surface area contributed by atoms with Gasteiger partial charge in [-0.05, 0) is 87.6 Å². The van der Waals surface area contributed by atoms with Gasteiger partial charge in [-0.2, -0.15) is 0 Å². The second-order valence-electron chi connectivity index (χ2n) is 8.55. The predicted molar refractivity (Wildman–Crippen MR) is 133 cm³/mol. The Kier molecular flexibility index (Phi) is 6.20. The van der Waals surface area contributed by atoms with Gasteiger partial charge in [0, 0.05) is 33.7 Å². The fraction of sp³-hybridized carbons (Fsp3) is 0.259. The maximum Gasteiger partial charge on any atom is 0.255 e. The number of hydrogen-bond acceptors (Lipinski definition) is 4. The van der Waals surface area contributed by atoms with Gasteiger partial charge in [0.05, 0.1) is 18.4 Å². The molecule has 5 rings (SSSR count). The number of benzene rings is 1. The van der Waals surface area contributed by atoms with Crippen molar-refractivity contribution in [1.82, 2.24) is 9.88 Å². The topological polar surface area (TPSA) is 59.5 Å². The summed E-state index contributed by atoms with van der Waals surface area (Å²) in [4.78, 5) is 19.3. The van der Waals surface area contributed by atoms with E-state index in [2.05, 4.69) is 16.0 Å². The highest BCUT2D eigenvalue weighted by Crippen LogP contribution is 2.40. The zero-order valence-electron chi connectivity index (χ0n) is 19.2. The third kappa shape index (κ3) is 4.35. The van der Waals surface area contributed by atoms with Crippen molar-refractivity contribution in [2.24, 2.45) is 4.99 Å².